The molecule has 0 aromatic carbocycles. The van der Waals surface area contributed by atoms with Crippen LogP contribution in [0.1, 0.15) is 25.5 Å². The Hall–Kier alpha value is -1.71. The lowest BCUT2D eigenvalue weighted by molar-refractivity contribution is -0.134. The van der Waals surface area contributed by atoms with Gasteiger partial charge in [0.2, 0.25) is 0 Å². The highest BCUT2D eigenvalue weighted by Crippen LogP contribution is 2.13. The minimum Gasteiger partial charge on any atom is -0.472 e. The van der Waals surface area contributed by atoms with Crippen LogP contribution in [-0.2, 0) is 9.53 Å². The van der Waals surface area contributed by atoms with Gasteiger partial charge in [0.05, 0.1) is 25.7 Å². The Kier molecular flexibility index (Phi) is 3.97. The highest BCUT2D eigenvalue weighted by molar-refractivity contribution is 5.82. The first kappa shape index (κ1) is 11.4. The molecule has 0 fully saturated rings. The molecule has 1 aromatic rings. The highest BCUT2D eigenvalue weighted by atomic mass is 16.5. The van der Waals surface area contributed by atoms with Crippen molar-refractivity contribution in [3.8, 4) is 0 Å². The summed E-state index contributed by atoms with van der Waals surface area (Å²) in [7, 11) is 1.35. The molecule has 15 heavy (non-hydrogen) atoms. The molecular formula is C11H15NO3. The Morgan fingerprint density at radius 1 is 1.67 bits per heavy atom. The van der Waals surface area contributed by atoms with Crippen LogP contribution in [0.3, 0.4) is 0 Å². The van der Waals surface area contributed by atoms with E-state index in [4.69, 9.17) is 4.42 Å². The van der Waals surface area contributed by atoms with Crippen LogP contribution in [0, 0.1) is 0 Å². The first-order valence-electron chi connectivity index (χ1n) is 4.68. The molecule has 1 atom stereocenters. The molecule has 0 saturated carbocycles. The third-order valence-corrected chi connectivity index (χ3v) is 2.02. The molecule has 1 heterocycles. The second-order valence-corrected chi connectivity index (χ2v) is 3.27. The monoisotopic (exact) mass is 209 g/mol. The van der Waals surface area contributed by atoms with E-state index in [2.05, 4.69) is 10.1 Å². The summed E-state index contributed by atoms with van der Waals surface area (Å²) in [6.45, 7) is 3.80. The van der Waals surface area contributed by atoms with E-state index < -0.39 is 0 Å². The number of ether oxygens (including phenoxy) is 1. The smallest absolute Gasteiger partial charge is 0.332 e. The number of nitrogens with one attached hydrogen (secondary N) is 1. The van der Waals surface area contributed by atoms with Crippen LogP contribution < -0.4 is 5.32 Å². The van der Waals surface area contributed by atoms with Crippen molar-refractivity contribution in [2.45, 2.75) is 19.9 Å². The second kappa shape index (κ2) is 5.24. The van der Waals surface area contributed by atoms with Crippen LogP contribution in [0.25, 0.3) is 0 Å². The van der Waals surface area contributed by atoms with E-state index in [0.29, 0.717) is 0 Å². The van der Waals surface area contributed by atoms with Crippen molar-refractivity contribution in [1.82, 2.24) is 5.32 Å². The van der Waals surface area contributed by atoms with Gasteiger partial charge in [-0.15, -0.1) is 0 Å². The first-order chi connectivity index (χ1) is 7.13. The maximum Gasteiger partial charge on any atom is 0.332 e. The topological polar surface area (TPSA) is 51.5 Å². The number of hydrogen-bond donors (Lipinski definition) is 1. The van der Waals surface area contributed by atoms with E-state index in [1.165, 1.54) is 13.2 Å². The maximum absolute atomic E-state index is 10.9. The molecule has 0 aliphatic heterocycles. The van der Waals surface area contributed by atoms with Crippen molar-refractivity contribution in [2.24, 2.45) is 0 Å². The normalized spacial score (nSPS) is 13.4. The van der Waals surface area contributed by atoms with Crippen molar-refractivity contribution in [3.63, 3.8) is 0 Å². The average Bonchev–Trinajstić information content (AvgIpc) is 2.70. The minimum absolute atomic E-state index is 0.102. The van der Waals surface area contributed by atoms with E-state index in [0.717, 1.165) is 11.3 Å². The standard InChI is InChI=1S/C11H15NO3/c1-8(6-11(13)14-3)12-9(2)10-4-5-15-7-10/h4-7,9,12H,1-3H3/b8-6+. The van der Waals surface area contributed by atoms with Crippen LogP contribution in [-0.4, -0.2) is 13.1 Å². The Balaban J connectivity index is 2.55. The van der Waals surface area contributed by atoms with Gasteiger partial charge >= 0.3 is 5.97 Å². The molecule has 0 amide bonds. The van der Waals surface area contributed by atoms with Crippen LogP contribution >= 0.6 is 0 Å². The number of carbonyl (C=O) groups excluding carboxylic acids is 1. The van der Waals surface area contributed by atoms with Crippen LogP contribution in [0.4, 0.5) is 0 Å². The lowest BCUT2D eigenvalue weighted by Crippen LogP contribution is -2.17. The summed E-state index contributed by atoms with van der Waals surface area (Å²) in [6.07, 6.45) is 4.70. The Morgan fingerprint density at radius 3 is 2.93 bits per heavy atom. The first-order valence-corrected chi connectivity index (χ1v) is 4.68. The van der Waals surface area contributed by atoms with Gasteiger partial charge < -0.3 is 14.5 Å². The van der Waals surface area contributed by atoms with Crippen LogP contribution in [0.2, 0.25) is 0 Å². The number of rotatable bonds is 4. The predicted molar refractivity (Wildman–Crippen MR) is 56.0 cm³/mol. The third-order valence-electron chi connectivity index (χ3n) is 2.02. The molecule has 0 spiro atoms. The predicted octanol–water partition coefficient (Wildman–Crippen LogP) is 2.01. The quantitative estimate of drug-likeness (QED) is 0.608. The van der Waals surface area contributed by atoms with Crippen molar-refractivity contribution < 1.29 is 13.9 Å². The molecule has 0 aliphatic carbocycles. The van der Waals surface area contributed by atoms with Gasteiger partial charge in [-0.3, -0.25) is 0 Å². The summed E-state index contributed by atoms with van der Waals surface area (Å²) in [4.78, 5) is 10.9. The van der Waals surface area contributed by atoms with E-state index >= 15 is 0 Å². The maximum atomic E-state index is 10.9. The molecule has 0 aliphatic rings. The van der Waals surface area contributed by atoms with Crippen molar-refractivity contribution in [3.05, 3.63) is 35.9 Å². The minimum atomic E-state index is -0.362. The number of allylic oxidation sites excluding steroid dienone is 1. The van der Waals surface area contributed by atoms with Crippen LogP contribution in [0.15, 0.2) is 34.8 Å². The molecule has 0 bridgehead atoms. The van der Waals surface area contributed by atoms with Gasteiger partial charge in [-0.2, -0.15) is 0 Å². The molecule has 0 saturated heterocycles. The van der Waals surface area contributed by atoms with E-state index in [-0.39, 0.29) is 12.0 Å². The number of carbonyl (C=O) groups is 1. The van der Waals surface area contributed by atoms with Crippen molar-refractivity contribution in [1.29, 1.82) is 0 Å². The zero-order valence-electron chi connectivity index (χ0n) is 9.11. The highest BCUT2D eigenvalue weighted by Gasteiger charge is 2.06. The molecule has 1 N–H and O–H groups in total. The largest absolute Gasteiger partial charge is 0.472 e. The van der Waals surface area contributed by atoms with Gasteiger partial charge in [0.15, 0.2) is 0 Å². The molecule has 0 radical (unpaired) electrons. The Labute approximate surface area is 88.9 Å². The number of methoxy groups -OCH3 is 1. The van der Waals surface area contributed by atoms with Gasteiger partial charge in [0.1, 0.15) is 0 Å². The number of esters is 1. The van der Waals surface area contributed by atoms with Crippen molar-refractivity contribution in [2.75, 3.05) is 7.11 Å². The molecule has 82 valence electrons. The number of furan rings is 1. The fourth-order valence-electron chi connectivity index (χ4n) is 1.22. The molecule has 4 heteroatoms. The number of hydrogen-bond acceptors (Lipinski definition) is 4. The van der Waals surface area contributed by atoms with Gasteiger partial charge in [-0.05, 0) is 19.9 Å². The van der Waals surface area contributed by atoms with Gasteiger partial charge in [-0.1, -0.05) is 0 Å². The molecule has 1 rings (SSSR count). The Morgan fingerprint density at radius 2 is 2.40 bits per heavy atom. The van der Waals surface area contributed by atoms with Crippen LogP contribution in [0.5, 0.6) is 0 Å². The summed E-state index contributed by atoms with van der Waals surface area (Å²) in [6, 6.07) is 1.98. The van der Waals surface area contributed by atoms with Crippen molar-refractivity contribution >= 4 is 5.97 Å². The molecule has 1 unspecified atom stereocenters. The summed E-state index contributed by atoms with van der Waals surface area (Å²) < 4.78 is 9.49. The summed E-state index contributed by atoms with van der Waals surface area (Å²) in [5.74, 6) is -0.362. The SMILES string of the molecule is COC(=O)/C=C(\C)NC(C)c1ccoc1. The molecule has 1 aromatic heterocycles. The van der Waals surface area contributed by atoms with E-state index in [9.17, 15) is 4.79 Å². The lowest BCUT2D eigenvalue weighted by atomic mass is 10.2. The van der Waals surface area contributed by atoms with E-state index in [1.807, 2.05) is 19.9 Å². The van der Waals surface area contributed by atoms with Gasteiger partial charge in [0, 0.05) is 17.3 Å². The summed E-state index contributed by atoms with van der Waals surface area (Å²) in [5.41, 5.74) is 1.79. The van der Waals surface area contributed by atoms with E-state index in [1.54, 1.807) is 12.5 Å². The summed E-state index contributed by atoms with van der Waals surface area (Å²) in [5, 5.41) is 3.15. The second-order valence-electron chi connectivity index (χ2n) is 3.27. The summed E-state index contributed by atoms with van der Waals surface area (Å²) >= 11 is 0. The fourth-order valence-corrected chi connectivity index (χ4v) is 1.22. The zero-order valence-corrected chi connectivity index (χ0v) is 9.11. The third kappa shape index (κ3) is 3.50. The van der Waals surface area contributed by atoms with Gasteiger partial charge in [0.25, 0.3) is 0 Å². The average molecular weight is 209 g/mol. The molecular weight excluding hydrogens is 194 g/mol. The fraction of sp³-hybridized carbons (Fsp3) is 0.364. The molecule has 4 nitrogen and oxygen atoms in total. The Bertz CT molecular complexity index is 341. The van der Waals surface area contributed by atoms with Gasteiger partial charge in [-0.25, -0.2) is 4.79 Å². The zero-order chi connectivity index (χ0) is 11.3. The lowest BCUT2D eigenvalue weighted by Gasteiger charge is -2.13.